The molecule has 0 aliphatic heterocycles. The van der Waals surface area contributed by atoms with Gasteiger partial charge in [-0.2, -0.15) is 0 Å². The molecule has 0 spiro atoms. The normalized spacial score (nSPS) is 8.29. The van der Waals surface area contributed by atoms with E-state index >= 15 is 0 Å². The molecule has 0 amide bonds. The maximum atomic E-state index is 10.0. The van der Waals surface area contributed by atoms with E-state index in [2.05, 4.69) is 0 Å². The number of carbonyl (C=O) groups excluding carboxylic acids is 12. The van der Waals surface area contributed by atoms with E-state index in [-0.39, 0.29) is 108 Å². The SMILES string of the molecule is CC(=O)CC(C)=O.CC(=O)CC(C)=O.CC(=O)CC(C)=O.CC(=O)CC(C)=O.CC(=O)CC(C)=O.CC(=O)CC(C)=O. The third-order valence-corrected chi connectivity index (χ3v) is 2.99. The van der Waals surface area contributed by atoms with Gasteiger partial charge in [-0.25, -0.2) is 0 Å². The fourth-order valence-electron chi connectivity index (χ4n) is 2.10. The molecule has 0 aromatic heterocycles. The van der Waals surface area contributed by atoms with Crippen LogP contribution in [0.15, 0.2) is 0 Å². The van der Waals surface area contributed by atoms with Crippen molar-refractivity contribution in [1.82, 2.24) is 0 Å². The molecule has 12 heteroatoms. The molecule has 0 unspecified atom stereocenters. The van der Waals surface area contributed by atoms with Gasteiger partial charge in [0, 0.05) is 0 Å². The van der Waals surface area contributed by atoms with Crippen molar-refractivity contribution in [2.24, 2.45) is 0 Å². The second kappa shape index (κ2) is 33.2. The van der Waals surface area contributed by atoms with Crippen LogP contribution in [0.1, 0.15) is 122 Å². The van der Waals surface area contributed by atoms with E-state index in [1.54, 1.807) is 0 Å². The Bertz CT molecular complexity index is 695. The lowest BCUT2D eigenvalue weighted by Crippen LogP contribution is -1.97. The molecule has 0 saturated carbocycles. The average molecular weight is 601 g/mol. The fraction of sp³-hybridized carbons (Fsp3) is 0.600. The molecule has 0 radical (unpaired) electrons. The van der Waals surface area contributed by atoms with Gasteiger partial charge in [-0.3, -0.25) is 57.5 Å². The summed E-state index contributed by atoms with van der Waals surface area (Å²) in [7, 11) is 0. The topological polar surface area (TPSA) is 205 Å². The average Bonchev–Trinajstić information content (AvgIpc) is 2.63. The van der Waals surface area contributed by atoms with Crippen LogP contribution < -0.4 is 0 Å². The minimum Gasteiger partial charge on any atom is -0.300 e. The highest BCUT2D eigenvalue weighted by Crippen LogP contribution is 1.83. The number of ketones is 12. The monoisotopic (exact) mass is 600 g/mol. The lowest BCUT2D eigenvalue weighted by atomic mass is 10.2. The summed E-state index contributed by atoms with van der Waals surface area (Å²) < 4.78 is 0. The van der Waals surface area contributed by atoms with Crippen molar-refractivity contribution in [3.63, 3.8) is 0 Å². The molecule has 0 rings (SSSR count). The van der Waals surface area contributed by atoms with Crippen LogP contribution in [0.5, 0.6) is 0 Å². The smallest absolute Gasteiger partial charge is 0.137 e. The molecular formula is C30H48O12. The van der Waals surface area contributed by atoms with Crippen molar-refractivity contribution in [1.29, 1.82) is 0 Å². The first-order valence-corrected chi connectivity index (χ1v) is 12.7. The maximum absolute atomic E-state index is 10.0. The van der Waals surface area contributed by atoms with Crippen molar-refractivity contribution in [3.05, 3.63) is 0 Å². The fourth-order valence-corrected chi connectivity index (χ4v) is 2.10. The Morgan fingerprint density at radius 1 is 0.190 bits per heavy atom. The van der Waals surface area contributed by atoms with Crippen LogP contribution >= 0.6 is 0 Å². The molecule has 240 valence electrons. The van der Waals surface area contributed by atoms with Gasteiger partial charge in [-0.15, -0.1) is 0 Å². The van der Waals surface area contributed by atoms with E-state index in [1.807, 2.05) is 0 Å². The molecule has 12 nitrogen and oxygen atoms in total. The summed E-state index contributed by atoms with van der Waals surface area (Å²) in [6.45, 7) is 16.8. The van der Waals surface area contributed by atoms with E-state index in [1.165, 1.54) is 83.1 Å². The molecule has 0 aromatic carbocycles. The van der Waals surface area contributed by atoms with Crippen LogP contribution in [0.3, 0.4) is 0 Å². The standard InChI is InChI=1S/6C5H8O2/c6*1-4(6)3-5(2)7/h6*3H2,1-2H3. The molecular weight excluding hydrogens is 552 g/mol. The Kier molecular flexibility index (Phi) is 40.2. The Morgan fingerprint density at radius 2 is 0.238 bits per heavy atom. The minimum absolute atomic E-state index is 0.0625. The number of Topliss-reactive ketones (excluding diaryl/α,β-unsaturated/α-hetero) is 12. The molecule has 0 fully saturated rings. The van der Waals surface area contributed by atoms with Crippen LogP contribution in [-0.2, 0) is 57.5 Å². The number of carbonyl (C=O) groups is 12. The molecule has 42 heavy (non-hydrogen) atoms. The van der Waals surface area contributed by atoms with Crippen molar-refractivity contribution in [2.75, 3.05) is 0 Å². The second-order valence-corrected chi connectivity index (χ2v) is 9.48. The van der Waals surface area contributed by atoms with E-state index in [9.17, 15) is 57.5 Å². The van der Waals surface area contributed by atoms with E-state index in [4.69, 9.17) is 0 Å². The zero-order valence-corrected chi connectivity index (χ0v) is 27.1. The van der Waals surface area contributed by atoms with Crippen LogP contribution in [0.25, 0.3) is 0 Å². The van der Waals surface area contributed by atoms with Gasteiger partial charge in [-0.05, 0) is 83.1 Å². The summed E-state index contributed by atoms with van der Waals surface area (Å²) in [4.78, 5) is 120. The van der Waals surface area contributed by atoms with Gasteiger partial charge in [0.2, 0.25) is 0 Å². The first-order valence-electron chi connectivity index (χ1n) is 12.7. The van der Waals surface area contributed by atoms with Crippen molar-refractivity contribution in [2.45, 2.75) is 122 Å². The van der Waals surface area contributed by atoms with Crippen LogP contribution in [0.2, 0.25) is 0 Å². The van der Waals surface area contributed by atoms with Crippen molar-refractivity contribution >= 4 is 69.4 Å². The highest BCUT2D eigenvalue weighted by atomic mass is 16.2. The summed E-state index contributed by atoms with van der Waals surface area (Å²) in [5.41, 5.74) is 0. The van der Waals surface area contributed by atoms with Gasteiger partial charge in [0.15, 0.2) is 0 Å². The van der Waals surface area contributed by atoms with Crippen LogP contribution in [-0.4, -0.2) is 69.4 Å². The van der Waals surface area contributed by atoms with E-state index < -0.39 is 0 Å². The molecule has 0 heterocycles. The predicted octanol–water partition coefficient (Wildman–Crippen LogP) is 3.33. The summed E-state index contributed by atoms with van der Waals surface area (Å²) in [6, 6.07) is 0. The highest BCUT2D eigenvalue weighted by molar-refractivity contribution is 5.98. The zero-order chi connectivity index (χ0) is 35.2. The summed E-state index contributed by atoms with van der Waals surface area (Å²) >= 11 is 0. The third kappa shape index (κ3) is 110. The molecule has 0 bridgehead atoms. The number of hydrogen-bond acceptors (Lipinski definition) is 12. The Morgan fingerprint density at radius 3 is 0.238 bits per heavy atom. The Balaban J connectivity index is -0.0000000926. The van der Waals surface area contributed by atoms with E-state index in [0.717, 1.165) is 0 Å². The van der Waals surface area contributed by atoms with Gasteiger partial charge in [-0.1, -0.05) is 0 Å². The van der Waals surface area contributed by atoms with Crippen LogP contribution in [0.4, 0.5) is 0 Å². The first kappa shape index (κ1) is 50.8. The predicted molar refractivity (Wildman–Crippen MR) is 156 cm³/mol. The minimum atomic E-state index is -0.0625. The van der Waals surface area contributed by atoms with Gasteiger partial charge in [0.05, 0.1) is 38.5 Å². The zero-order valence-electron chi connectivity index (χ0n) is 27.1. The lowest BCUT2D eigenvalue weighted by Gasteiger charge is -1.81. The summed E-state index contributed by atoms with van der Waals surface area (Å²) in [5.74, 6) is -0.750. The third-order valence-electron chi connectivity index (χ3n) is 2.99. The summed E-state index contributed by atoms with van der Waals surface area (Å²) in [6.07, 6.45) is 0.500. The van der Waals surface area contributed by atoms with Crippen molar-refractivity contribution in [3.8, 4) is 0 Å². The maximum Gasteiger partial charge on any atom is 0.137 e. The molecule has 0 aromatic rings. The molecule has 0 atom stereocenters. The van der Waals surface area contributed by atoms with Crippen LogP contribution in [0, 0.1) is 0 Å². The lowest BCUT2D eigenvalue weighted by molar-refractivity contribution is -0.126. The Hall–Kier alpha value is -3.96. The Labute approximate surface area is 248 Å². The summed E-state index contributed by atoms with van der Waals surface area (Å²) in [5, 5.41) is 0. The highest BCUT2D eigenvalue weighted by Gasteiger charge is 1.97. The quantitative estimate of drug-likeness (QED) is 0.296. The van der Waals surface area contributed by atoms with E-state index in [0.29, 0.717) is 0 Å². The number of rotatable bonds is 12. The molecule has 0 aliphatic carbocycles. The largest absolute Gasteiger partial charge is 0.300 e. The van der Waals surface area contributed by atoms with Crippen molar-refractivity contribution < 1.29 is 57.5 Å². The van der Waals surface area contributed by atoms with Gasteiger partial charge in [0.25, 0.3) is 0 Å². The van der Waals surface area contributed by atoms with Gasteiger partial charge < -0.3 is 0 Å². The second-order valence-electron chi connectivity index (χ2n) is 9.48. The van der Waals surface area contributed by atoms with Gasteiger partial charge >= 0.3 is 0 Å². The molecule has 0 aliphatic rings. The number of hydrogen-bond donors (Lipinski definition) is 0. The van der Waals surface area contributed by atoms with Gasteiger partial charge in [0.1, 0.15) is 69.4 Å². The molecule has 0 saturated heterocycles. The first-order chi connectivity index (χ1) is 18.8. The molecule has 0 N–H and O–H groups in total.